The third-order valence-corrected chi connectivity index (χ3v) is 7.36. The third kappa shape index (κ3) is 49.0. The van der Waals surface area contributed by atoms with Crippen molar-refractivity contribution in [2.24, 2.45) is 0 Å². The van der Waals surface area contributed by atoms with Gasteiger partial charge in [0.05, 0.1) is 13.2 Å². The second kappa shape index (κ2) is 33.5. The summed E-state index contributed by atoms with van der Waals surface area (Å²) in [7, 11) is -8.98. The molecule has 0 aliphatic carbocycles. The van der Waals surface area contributed by atoms with E-state index < -0.39 is 20.8 Å². The Morgan fingerprint density at radius 3 is 0.744 bits per heavy atom. The van der Waals surface area contributed by atoms with Gasteiger partial charge in [-0.05, 0) is 12.8 Å². The fourth-order valence-corrected chi connectivity index (χ4v) is 4.85. The van der Waals surface area contributed by atoms with Gasteiger partial charge in [0, 0.05) is 0 Å². The number of rotatable bonds is 28. The van der Waals surface area contributed by atoms with Gasteiger partial charge in [-0.15, -0.1) is 0 Å². The van der Waals surface area contributed by atoms with Crippen LogP contribution in [-0.4, -0.2) is 76.9 Å². The SMILES string of the molecule is CCCCCCCCCCCCCCOS(=O)(=O)[O-].CCCCCCCCCCCCCCOS(=O)(=O)[O-].[Ca+2]. The second-order valence-corrected chi connectivity index (χ2v) is 12.3. The molecule has 8 nitrogen and oxygen atoms in total. The fraction of sp³-hybridized carbons (Fsp3) is 1.00. The van der Waals surface area contributed by atoms with Gasteiger partial charge in [-0.25, -0.2) is 16.8 Å². The van der Waals surface area contributed by atoms with Crippen LogP contribution in [0.1, 0.15) is 168 Å². The largest absolute Gasteiger partial charge is 2.00 e. The molecule has 0 bridgehead atoms. The van der Waals surface area contributed by atoms with Gasteiger partial charge < -0.3 is 9.11 Å². The van der Waals surface area contributed by atoms with Gasteiger partial charge in [0.15, 0.2) is 0 Å². The first-order valence-corrected chi connectivity index (χ1v) is 18.0. The predicted molar refractivity (Wildman–Crippen MR) is 159 cm³/mol. The van der Waals surface area contributed by atoms with E-state index in [0.29, 0.717) is 12.8 Å². The van der Waals surface area contributed by atoms with Crippen LogP contribution in [0.5, 0.6) is 0 Å². The fourth-order valence-electron chi connectivity index (χ4n) is 4.21. The van der Waals surface area contributed by atoms with E-state index in [0.717, 1.165) is 25.7 Å². The number of hydrogen-bond acceptors (Lipinski definition) is 8. The molecular formula is C28H58CaO8S2. The molecule has 0 saturated carbocycles. The Bertz CT molecular complexity index is 615. The summed E-state index contributed by atoms with van der Waals surface area (Å²) in [4.78, 5) is 0. The minimum atomic E-state index is -4.49. The van der Waals surface area contributed by atoms with E-state index in [1.807, 2.05) is 0 Å². The maximum Gasteiger partial charge on any atom is 2.00 e. The van der Waals surface area contributed by atoms with E-state index in [4.69, 9.17) is 0 Å². The molecule has 0 radical (unpaired) electrons. The zero-order valence-electron chi connectivity index (χ0n) is 25.2. The van der Waals surface area contributed by atoms with Crippen molar-refractivity contribution in [3.63, 3.8) is 0 Å². The molecular weight excluding hydrogens is 569 g/mol. The molecule has 0 aromatic carbocycles. The summed E-state index contributed by atoms with van der Waals surface area (Å²) in [5.74, 6) is 0. The van der Waals surface area contributed by atoms with Crippen LogP contribution in [0.3, 0.4) is 0 Å². The van der Waals surface area contributed by atoms with E-state index >= 15 is 0 Å². The van der Waals surface area contributed by atoms with Crippen molar-refractivity contribution in [3.05, 3.63) is 0 Å². The Hall–Kier alpha value is 1.000. The molecule has 0 atom stereocenters. The van der Waals surface area contributed by atoms with Crippen LogP contribution in [0.4, 0.5) is 0 Å². The summed E-state index contributed by atoms with van der Waals surface area (Å²) in [6.07, 6.45) is 29.1. The molecule has 0 heterocycles. The minimum Gasteiger partial charge on any atom is -0.726 e. The van der Waals surface area contributed by atoms with Crippen molar-refractivity contribution in [2.75, 3.05) is 13.2 Å². The van der Waals surface area contributed by atoms with Gasteiger partial charge >= 0.3 is 37.7 Å². The van der Waals surface area contributed by atoms with Crippen LogP contribution in [0.2, 0.25) is 0 Å². The molecule has 11 heteroatoms. The maximum absolute atomic E-state index is 10.2. The molecule has 232 valence electrons. The maximum atomic E-state index is 10.2. The monoisotopic (exact) mass is 626 g/mol. The smallest absolute Gasteiger partial charge is 0.726 e. The summed E-state index contributed by atoms with van der Waals surface area (Å²) in [6, 6.07) is 0. The van der Waals surface area contributed by atoms with E-state index in [9.17, 15) is 25.9 Å². The Morgan fingerprint density at radius 1 is 0.385 bits per heavy atom. The standard InChI is InChI=1S/2C14H30O4S.Ca/c2*1-2-3-4-5-6-7-8-9-10-11-12-13-14-18-19(15,16)17;/h2*2-14H2,1H3,(H,15,16,17);/q;;+2/p-2. The Kier molecular flexibility index (Phi) is 38.2. The molecule has 0 aliphatic heterocycles. The van der Waals surface area contributed by atoms with Crippen molar-refractivity contribution in [1.29, 1.82) is 0 Å². The van der Waals surface area contributed by atoms with Gasteiger partial charge in [-0.3, -0.25) is 8.37 Å². The molecule has 0 spiro atoms. The number of unbranched alkanes of at least 4 members (excludes halogenated alkanes) is 22. The van der Waals surface area contributed by atoms with E-state index in [1.54, 1.807) is 0 Å². The van der Waals surface area contributed by atoms with Gasteiger partial charge in [-0.2, -0.15) is 0 Å². The molecule has 0 rings (SSSR count). The first-order chi connectivity index (χ1) is 18.1. The molecule has 0 amide bonds. The van der Waals surface area contributed by atoms with Crippen molar-refractivity contribution in [3.8, 4) is 0 Å². The first kappa shape index (κ1) is 44.4. The predicted octanol–water partition coefficient (Wildman–Crippen LogP) is 7.95. The van der Waals surface area contributed by atoms with Crippen LogP contribution in [-0.2, 0) is 29.2 Å². The van der Waals surface area contributed by atoms with Crippen molar-refractivity contribution >= 4 is 58.5 Å². The Labute approximate surface area is 272 Å². The molecule has 0 aromatic heterocycles. The number of hydrogen-bond donors (Lipinski definition) is 0. The van der Waals surface area contributed by atoms with E-state index in [1.165, 1.54) is 116 Å². The summed E-state index contributed by atoms with van der Waals surface area (Å²) < 4.78 is 69.2. The molecule has 0 unspecified atom stereocenters. The molecule has 0 saturated heterocycles. The van der Waals surface area contributed by atoms with E-state index in [-0.39, 0.29) is 51.0 Å². The van der Waals surface area contributed by atoms with Crippen LogP contribution in [0, 0.1) is 0 Å². The van der Waals surface area contributed by atoms with Gasteiger partial charge in [0.1, 0.15) is 0 Å². The topological polar surface area (TPSA) is 133 Å². The van der Waals surface area contributed by atoms with Crippen molar-refractivity contribution in [1.82, 2.24) is 0 Å². The zero-order chi connectivity index (χ0) is 28.8. The van der Waals surface area contributed by atoms with E-state index in [2.05, 4.69) is 22.2 Å². The summed E-state index contributed by atoms with van der Waals surface area (Å²) in [5.41, 5.74) is 0. The first-order valence-electron chi connectivity index (χ1n) is 15.3. The van der Waals surface area contributed by atoms with Crippen LogP contribution < -0.4 is 0 Å². The average molecular weight is 627 g/mol. The van der Waals surface area contributed by atoms with Crippen LogP contribution in [0.15, 0.2) is 0 Å². The summed E-state index contributed by atoms with van der Waals surface area (Å²) in [5, 5.41) is 0. The summed E-state index contributed by atoms with van der Waals surface area (Å²) in [6.45, 7) is 4.53. The van der Waals surface area contributed by atoms with Crippen molar-refractivity contribution in [2.45, 2.75) is 168 Å². The summed E-state index contributed by atoms with van der Waals surface area (Å²) >= 11 is 0. The molecule has 0 aromatic rings. The van der Waals surface area contributed by atoms with Crippen LogP contribution in [0.25, 0.3) is 0 Å². The minimum absolute atomic E-state index is 0. The molecule has 0 aliphatic rings. The van der Waals surface area contributed by atoms with Crippen LogP contribution >= 0.6 is 0 Å². The zero-order valence-corrected chi connectivity index (χ0v) is 29.0. The molecule has 0 fully saturated rings. The Morgan fingerprint density at radius 2 is 0.564 bits per heavy atom. The third-order valence-electron chi connectivity index (χ3n) is 6.45. The quantitative estimate of drug-likeness (QED) is 0.0370. The van der Waals surface area contributed by atoms with Gasteiger partial charge in [0.25, 0.3) is 0 Å². The average Bonchev–Trinajstić information content (AvgIpc) is 2.84. The Balaban J connectivity index is -0.000000648. The van der Waals surface area contributed by atoms with Gasteiger partial charge in [0.2, 0.25) is 20.8 Å². The van der Waals surface area contributed by atoms with Crippen molar-refractivity contribution < 1.29 is 34.3 Å². The second-order valence-electron chi connectivity index (χ2n) is 10.2. The molecule has 0 N–H and O–H groups in total. The van der Waals surface area contributed by atoms with Gasteiger partial charge in [-0.1, -0.05) is 155 Å². The molecule has 39 heavy (non-hydrogen) atoms. The normalized spacial score (nSPS) is 11.6.